The fourth-order valence-corrected chi connectivity index (χ4v) is 3.17. The van der Waals surface area contributed by atoms with Gasteiger partial charge in [-0.15, -0.1) is 11.3 Å². The Morgan fingerprint density at radius 3 is 2.52 bits per heavy atom. The van der Waals surface area contributed by atoms with E-state index >= 15 is 0 Å². The molecule has 0 atom stereocenters. The van der Waals surface area contributed by atoms with Gasteiger partial charge >= 0.3 is 5.97 Å². The van der Waals surface area contributed by atoms with Crippen LogP contribution in [0.2, 0.25) is 5.02 Å². The van der Waals surface area contributed by atoms with E-state index in [0.717, 1.165) is 21.1 Å². The number of ether oxygens (including phenoxy) is 1. The van der Waals surface area contributed by atoms with Crippen LogP contribution in [-0.2, 0) is 11.3 Å². The predicted molar refractivity (Wildman–Crippen MR) is 92.9 cm³/mol. The van der Waals surface area contributed by atoms with Crippen LogP contribution < -0.4 is 0 Å². The molecule has 5 heteroatoms. The SMILES string of the molecule is Cc1nc(-c2ccccc2)sc1COC(=O)c1ccc(Cl)cc1. The van der Waals surface area contributed by atoms with Crippen molar-refractivity contribution < 1.29 is 9.53 Å². The molecule has 0 aliphatic heterocycles. The number of rotatable bonds is 4. The lowest BCUT2D eigenvalue weighted by Crippen LogP contribution is -2.04. The largest absolute Gasteiger partial charge is 0.456 e. The minimum atomic E-state index is -0.365. The van der Waals surface area contributed by atoms with Crippen LogP contribution in [0.25, 0.3) is 10.6 Å². The average Bonchev–Trinajstić information content (AvgIpc) is 2.95. The first-order chi connectivity index (χ1) is 11.1. The first-order valence-electron chi connectivity index (χ1n) is 7.08. The molecule has 0 aliphatic carbocycles. The maximum atomic E-state index is 12.0. The summed E-state index contributed by atoms with van der Waals surface area (Å²) in [4.78, 5) is 17.5. The smallest absolute Gasteiger partial charge is 0.338 e. The predicted octanol–water partition coefficient (Wildman–Crippen LogP) is 5.13. The zero-order chi connectivity index (χ0) is 16.2. The molecular formula is C18H14ClNO2S. The molecule has 1 heterocycles. The molecule has 116 valence electrons. The number of carbonyl (C=O) groups excluding carboxylic acids is 1. The van der Waals surface area contributed by atoms with Gasteiger partial charge in [-0.2, -0.15) is 0 Å². The summed E-state index contributed by atoms with van der Waals surface area (Å²) < 4.78 is 5.37. The summed E-state index contributed by atoms with van der Waals surface area (Å²) in [5.41, 5.74) is 2.44. The van der Waals surface area contributed by atoms with Crippen molar-refractivity contribution in [3.63, 3.8) is 0 Å². The number of aromatic nitrogens is 1. The number of carbonyl (C=O) groups is 1. The Kier molecular flexibility index (Phi) is 4.74. The summed E-state index contributed by atoms with van der Waals surface area (Å²) in [6, 6.07) is 16.6. The highest BCUT2D eigenvalue weighted by Crippen LogP contribution is 2.28. The van der Waals surface area contributed by atoms with Gasteiger partial charge in [0.25, 0.3) is 0 Å². The van der Waals surface area contributed by atoms with E-state index in [1.165, 1.54) is 0 Å². The van der Waals surface area contributed by atoms with Crippen molar-refractivity contribution >= 4 is 28.9 Å². The van der Waals surface area contributed by atoms with Crippen molar-refractivity contribution in [1.82, 2.24) is 4.98 Å². The molecule has 0 unspecified atom stereocenters. The van der Waals surface area contributed by atoms with Gasteiger partial charge in [-0.3, -0.25) is 0 Å². The number of hydrogen-bond donors (Lipinski definition) is 0. The normalized spacial score (nSPS) is 10.5. The second kappa shape index (κ2) is 6.94. The lowest BCUT2D eigenvalue weighted by molar-refractivity contribution is 0.0476. The molecule has 1 aromatic heterocycles. The number of aryl methyl sites for hydroxylation is 1. The summed E-state index contributed by atoms with van der Waals surface area (Å²) in [5, 5.41) is 1.52. The molecule has 3 rings (SSSR count). The molecule has 3 nitrogen and oxygen atoms in total. The fourth-order valence-electron chi connectivity index (χ4n) is 2.07. The Bertz CT molecular complexity index is 813. The first-order valence-corrected chi connectivity index (χ1v) is 8.27. The van der Waals surface area contributed by atoms with Crippen molar-refractivity contribution in [1.29, 1.82) is 0 Å². The second-order valence-electron chi connectivity index (χ2n) is 4.98. The summed E-state index contributed by atoms with van der Waals surface area (Å²) in [5.74, 6) is -0.365. The number of esters is 1. The Labute approximate surface area is 143 Å². The van der Waals surface area contributed by atoms with E-state index in [1.807, 2.05) is 37.3 Å². The van der Waals surface area contributed by atoms with E-state index in [0.29, 0.717) is 10.6 Å². The third-order valence-corrected chi connectivity index (χ3v) is 4.76. The summed E-state index contributed by atoms with van der Waals surface area (Å²) in [6.45, 7) is 2.15. The average molecular weight is 344 g/mol. The van der Waals surface area contributed by atoms with Crippen LogP contribution in [0.15, 0.2) is 54.6 Å². The van der Waals surface area contributed by atoms with Crippen LogP contribution in [0, 0.1) is 6.92 Å². The summed E-state index contributed by atoms with van der Waals surface area (Å²) in [6.07, 6.45) is 0. The second-order valence-corrected chi connectivity index (χ2v) is 6.50. The molecule has 0 saturated heterocycles. The lowest BCUT2D eigenvalue weighted by atomic mass is 10.2. The van der Waals surface area contributed by atoms with Crippen molar-refractivity contribution in [3.8, 4) is 10.6 Å². The maximum absolute atomic E-state index is 12.0. The van der Waals surface area contributed by atoms with Gasteiger partial charge in [0.1, 0.15) is 11.6 Å². The van der Waals surface area contributed by atoms with E-state index < -0.39 is 0 Å². The van der Waals surface area contributed by atoms with Gasteiger partial charge in [0.2, 0.25) is 0 Å². The van der Waals surface area contributed by atoms with Gasteiger partial charge in [0.15, 0.2) is 0 Å². The van der Waals surface area contributed by atoms with Crippen molar-refractivity contribution in [3.05, 3.63) is 75.8 Å². The summed E-state index contributed by atoms with van der Waals surface area (Å²) >= 11 is 7.36. The molecule has 23 heavy (non-hydrogen) atoms. The van der Waals surface area contributed by atoms with Crippen LogP contribution in [0.1, 0.15) is 20.9 Å². The maximum Gasteiger partial charge on any atom is 0.338 e. The number of hydrogen-bond acceptors (Lipinski definition) is 4. The number of benzene rings is 2. The monoisotopic (exact) mass is 343 g/mol. The highest BCUT2D eigenvalue weighted by Gasteiger charge is 2.12. The minimum Gasteiger partial charge on any atom is -0.456 e. The van der Waals surface area contributed by atoms with Crippen LogP contribution in [0.4, 0.5) is 0 Å². The molecule has 0 spiro atoms. The fraction of sp³-hybridized carbons (Fsp3) is 0.111. The quantitative estimate of drug-likeness (QED) is 0.616. The summed E-state index contributed by atoms with van der Waals surface area (Å²) in [7, 11) is 0. The molecule has 0 fully saturated rings. The molecule has 0 N–H and O–H groups in total. The lowest BCUT2D eigenvalue weighted by Gasteiger charge is -2.03. The van der Waals surface area contributed by atoms with Crippen LogP contribution in [0.3, 0.4) is 0 Å². The van der Waals surface area contributed by atoms with Gasteiger partial charge in [-0.1, -0.05) is 41.9 Å². The molecule has 0 amide bonds. The zero-order valence-corrected chi connectivity index (χ0v) is 14.0. The Morgan fingerprint density at radius 1 is 1.13 bits per heavy atom. The highest BCUT2D eigenvalue weighted by molar-refractivity contribution is 7.15. The molecule has 0 aliphatic rings. The third-order valence-electron chi connectivity index (χ3n) is 3.33. The van der Waals surface area contributed by atoms with E-state index in [2.05, 4.69) is 4.98 Å². The van der Waals surface area contributed by atoms with Gasteiger partial charge in [0, 0.05) is 10.6 Å². The standard InChI is InChI=1S/C18H14ClNO2S/c1-12-16(23-17(20-12)13-5-3-2-4-6-13)11-22-18(21)14-7-9-15(19)10-8-14/h2-10H,11H2,1H3. The number of halogens is 1. The Balaban J connectivity index is 1.70. The third kappa shape index (κ3) is 3.78. The van der Waals surface area contributed by atoms with Gasteiger partial charge < -0.3 is 4.74 Å². The van der Waals surface area contributed by atoms with Crippen LogP contribution in [0.5, 0.6) is 0 Å². The van der Waals surface area contributed by atoms with Crippen molar-refractivity contribution in [2.75, 3.05) is 0 Å². The topological polar surface area (TPSA) is 39.2 Å². The molecule has 0 saturated carbocycles. The van der Waals surface area contributed by atoms with E-state index in [4.69, 9.17) is 16.3 Å². The van der Waals surface area contributed by atoms with E-state index in [1.54, 1.807) is 35.6 Å². The highest BCUT2D eigenvalue weighted by atomic mass is 35.5. The molecule has 0 radical (unpaired) electrons. The molecule has 2 aromatic carbocycles. The van der Waals surface area contributed by atoms with Crippen molar-refractivity contribution in [2.45, 2.75) is 13.5 Å². The van der Waals surface area contributed by atoms with Crippen LogP contribution in [-0.4, -0.2) is 11.0 Å². The number of nitrogens with zero attached hydrogens (tertiary/aromatic N) is 1. The molecule has 3 aromatic rings. The van der Waals surface area contributed by atoms with Gasteiger partial charge in [0.05, 0.1) is 16.1 Å². The number of thiazole rings is 1. The van der Waals surface area contributed by atoms with Gasteiger partial charge in [-0.25, -0.2) is 9.78 Å². The van der Waals surface area contributed by atoms with Crippen LogP contribution >= 0.6 is 22.9 Å². The van der Waals surface area contributed by atoms with Crippen molar-refractivity contribution in [2.24, 2.45) is 0 Å². The zero-order valence-electron chi connectivity index (χ0n) is 12.5. The Morgan fingerprint density at radius 2 is 1.83 bits per heavy atom. The minimum absolute atomic E-state index is 0.220. The van der Waals surface area contributed by atoms with Gasteiger partial charge in [-0.05, 0) is 31.2 Å². The first kappa shape index (κ1) is 15.7. The molecular weight excluding hydrogens is 330 g/mol. The molecule has 0 bridgehead atoms. The van der Waals surface area contributed by atoms with E-state index in [-0.39, 0.29) is 12.6 Å². The van der Waals surface area contributed by atoms with E-state index in [9.17, 15) is 4.79 Å². The Hall–Kier alpha value is -2.17.